The van der Waals surface area contributed by atoms with E-state index in [-0.39, 0.29) is 60.4 Å². The van der Waals surface area contributed by atoms with Gasteiger partial charge in [-0.25, -0.2) is 0 Å². The van der Waals surface area contributed by atoms with Crippen LogP contribution in [0.4, 0.5) is 0 Å². The molecule has 3 aliphatic rings. The van der Waals surface area contributed by atoms with Crippen LogP contribution in [0.3, 0.4) is 0 Å². The number of carboxylic acids is 2. The molecule has 6 atom stereocenters. The number of aliphatic carboxylic acids is 2. The third-order valence-electron chi connectivity index (χ3n) is 10.0. The Hall–Kier alpha value is -3.69. The minimum atomic E-state index is -0.894. The predicted octanol–water partition coefficient (Wildman–Crippen LogP) is 4.57. The Morgan fingerprint density at radius 1 is 0.907 bits per heavy atom. The third kappa shape index (κ3) is 6.78. The summed E-state index contributed by atoms with van der Waals surface area (Å²) in [6, 6.07) is -0.0650. The second kappa shape index (κ2) is 13.3. The molecule has 2 fully saturated rings. The molecule has 0 aromatic carbocycles. The summed E-state index contributed by atoms with van der Waals surface area (Å²) in [5.41, 5.74) is 6.85. The second-order valence-corrected chi connectivity index (χ2v) is 12.5. The van der Waals surface area contributed by atoms with Gasteiger partial charge in [0.15, 0.2) is 0 Å². The molecule has 43 heavy (non-hydrogen) atoms. The Morgan fingerprint density at radius 2 is 1.56 bits per heavy atom. The lowest BCUT2D eigenvalue weighted by Gasteiger charge is -2.19. The van der Waals surface area contributed by atoms with E-state index < -0.39 is 11.9 Å². The van der Waals surface area contributed by atoms with Gasteiger partial charge >= 0.3 is 11.9 Å². The second-order valence-electron chi connectivity index (χ2n) is 12.5. The van der Waals surface area contributed by atoms with Crippen LogP contribution in [0.2, 0.25) is 0 Å². The number of nitrogens with zero attached hydrogens (tertiary/aromatic N) is 1. The van der Waals surface area contributed by atoms with Crippen molar-refractivity contribution in [1.82, 2.24) is 15.6 Å². The number of hydrogen-bond donors (Lipinski definition) is 5. The van der Waals surface area contributed by atoms with Gasteiger partial charge in [0.25, 0.3) is 0 Å². The molecule has 0 spiro atoms. The summed E-state index contributed by atoms with van der Waals surface area (Å²) in [6.45, 7) is 12.1. The molecule has 5 N–H and O–H groups in total. The van der Waals surface area contributed by atoms with Gasteiger partial charge in [0.1, 0.15) is 0 Å². The van der Waals surface area contributed by atoms with Crippen molar-refractivity contribution in [3.63, 3.8) is 0 Å². The maximum atomic E-state index is 12.5. The zero-order valence-corrected chi connectivity index (χ0v) is 26.2. The maximum absolute atomic E-state index is 12.5. The normalized spacial score (nSPS) is 28.0. The highest BCUT2D eigenvalue weighted by molar-refractivity contribution is 6.06. The summed E-state index contributed by atoms with van der Waals surface area (Å²) in [6.07, 6.45) is 5.30. The summed E-state index contributed by atoms with van der Waals surface area (Å²) in [7, 11) is 0. The van der Waals surface area contributed by atoms with Crippen molar-refractivity contribution >= 4 is 35.5 Å². The highest BCUT2D eigenvalue weighted by Gasteiger charge is 2.40. The summed E-state index contributed by atoms with van der Waals surface area (Å²) >= 11 is 0. The zero-order chi connectivity index (χ0) is 31.6. The predicted molar refractivity (Wildman–Crippen MR) is 165 cm³/mol. The number of H-pyrrole nitrogens is 1. The number of carbonyl (C=O) groups excluding carboxylic acids is 2. The van der Waals surface area contributed by atoms with Gasteiger partial charge in [-0.3, -0.25) is 24.2 Å². The van der Waals surface area contributed by atoms with E-state index in [4.69, 9.17) is 4.99 Å². The molecule has 234 valence electrons. The molecular formula is C33H46N4O6. The van der Waals surface area contributed by atoms with Gasteiger partial charge in [-0.05, 0) is 73.3 Å². The average Bonchev–Trinajstić information content (AvgIpc) is 3.59. The standard InChI is InChI=1S/C33H46N4O6/c1-7-20-19(6)32(42)37-27(20)14-25-18(5)23(10-12-31(40)41)29(35-25)15-28-22(9-11-30(38)39)17(4)24(34-28)13-26-16(3)21(8-2)33(43)36-26/h15-16,19-21,26-27,34H,7-14H2,1-6H3,(H,36,43)(H,37,42)(H,38,39)(H,40,41)/t16-,19-,20+,21+,26-,27+/m1/s1. The molecule has 2 amide bonds. The van der Waals surface area contributed by atoms with Gasteiger partial charge in [0, 0.05) is 66.7 Å². The van der Waals surface area contributed by atoms with Crippen LogP contribution >= 0.6 is 0 Å². The first-order valence-corrected chi connectivity index (χ1v) is 15.6. The Morgan fingerprint density at radius 3 is 2.16 bits per heavy atom. The SMILES string of the molecule is CC[C@@H]1[C@H](CC2=NC(=Cc3[nH]c(C[C@H]4NC(=O)[C@@H](CC)[C@H]4C)c(C)c3CCC(=O)O)C(CCC(=O)O)=C2C)NC(=O)[C@@H]1C. The fourth-order valence-corrected chi connectivity index (χ4v) is 7.23. The molecule has 0 unspecified atom stereocenters. The van der Waals surface area contributed by atoms with Gasteiger partial charge < -0.3 is 25.8 Å². The lowest BCUT2D eigenvalue weighted by atomic mass is 9.86. The lowest BCUT2D eigenvalue weighted by molar-refractivity contribution is -0.138. The molecule has 4 rings (SSSR count). The Balaban J connectivity index is 1.71. The molecule has 2 saturated heterocycles. The van der Waals surface area contributed by atoms with Crippen LogP contribution in [0.1, 0.15) is 95.7 Å². The van der Waals surface area contributed by atoms with Crippen LogP contribution in [0.25, 0.3) is 6.08 Å². The first-order valence-electron chi connectivity index (χ1n) is 15.6. The average molecular weight is 595 g/mol. The number of amides is 2. The quantitative estimate of drug-likeness (QED) is 0.225. The van der Waals surface area contributed by atoms with Gasteiger partial charge in [0.05, 0.1) is 5.70 Å². The number of carbonyl (C=O) groups is 4. The smallest absolute Gasteiger partial charge is 0.303 e. The first kappa shape index (κ1) is 32.2. The maximum Gasteiger partial charge on any atom is 0.303 e. The molecule has 0 saturated carbocycles. The van der Waals surface area contributed by atoms with Crippen molar-refractivity contribution in [2.75, 3.05) is 0 Å². The van der Waals surface area contributed by atoms with E-state index >= 15 is 0 Å². The Kier molecular flexibility index (Phi) is 9.97. The van der Waals surface area contributed by atoms with E-state index in [9.17, 15) is 29.4 Å². The number of rotatable bonds is 13. The van der Waals surface area contributed by atoms with E-state index in [1.54, 1.807) is 0 Å². The number of aliphatic imine (C=N–C) groups is 1. The minimum Gasteiger partial charge on any atom is -0.481 e. The van der Waals surface area contributed by atoms with Crippen LogP contribution in [0.15, 0.2) is 21.8 Å². The van der Waals surface area contributed by atoms with Crippen LogP contribution in [-0.2, 0) is 32.0 Å². The van der Waals surface area contributed by atoms with Crippen molar-refractivity contribution in [3.8, 4) is 0 Å². The monoisotopic (exact) mass is 594 g/mol. The molecular weight excluding hydrogens is 548 g/mol. The summed E-state index contributed by atoms with van der Waals surface area (Å²) in [5.74, 6) is -1.38. The number of nitrogens with one attached hydrogen (secondary N) is 3. The van der Waals surface area contributed by atoms with Crippen LogP contribution < -0.4 is 10.6 Å². The molecule has 10 heteroatoms. The van der Waals surface area contributed by atoms with Gasteiger partial charge in [0.2, 0.25) is 11.8 Å². The van der Waals surface area contributed by atoms with E-state index in [0.717, 1.165) is 52.2 Å². The number of aromatic amines is 1. The summed E-state index contributed by atoms with van der Waals surface area (Å²) in [5, 5.41) is 25.2. The molecule has 4 heterocycles. The van der Waals surface area contributed by atoms with E-state index in [0.29, 0.717) is 31.4 Å². The lowest BCUT2D eigenvalue weighted by Crippen LogP contribution is -2.31. The topological polar surface area (TPSA) is 161 Å². The molecule has 1 aromatic rings. The van der Waals surface area contributed by atoms with Crippen LogP contribution in [0.5, 0.6) is 0 Å². The molecule has 0 bridgehead atoms. The van der Waals surface area contributed by atoms with Crippen molar-refractivity contribution in [2.45, 2.75) is 105 Å². The van der Waals surface area contributed by atoms with E-state index in [1.165, 1.54) is 0 Å². The fourth-order valence-electron chi connectivity index (χ4n) is 7.23. The third-order valence-corrected chi connectivity index (χ3v) is 10.0. The van der Waals surface area contributed by atoms with Crippen molar-refractivity contribution < 1.29 is 29.4 Å². The van der Waals surface area contributed by atoms with Crippen molar-refractivity contribution in [2.24, 2.45) is 28.7 Å². The highest BCUT2D eigenvalue weighted by Crippen LogP contribution is 2.37. The summed E-state index contributed by atoms with van der Waals surface area (Å²) < 4.78 is 0. The largest absolute Gasteiger partial charge is 0.481 e. The molecule has 1 aromatic heterocycles. The molecule has 10 nitrogen and oxygen atoms in total. The van der Waals surface area contributed by atoms with Crippen LogP contribution in [0, 0.1) is 30.6 Å². The summed E-state index contributed by atoms with van der Waals surface area (Å²) in [4.78, 5) is 56.5. The van der Waals surface area contributed by atoms with Gasteiger partial charge in [-0.1, -0.05) is 34.1 Å². The molecule has 0 aliphatic carbocycles. The van der Waals surface area contributed by atoms with Crippen LogP contribution in [-0.4, -0.2) is 56.7 Å². The minimum absolute atomic E-state index is 0.0237. The zero-order valence-electron chi connectivity index (χ0n) is 26.2. The van der Waals surface area contributed by atoms with Crippen molar-refractivity contribution in [3.05, 3.63) is 39.4 Å². The Labute approximate surface area is 253 Å². The van der Waals surface area contributed by atoms with E-state index in [1.807, 2.05) is 33.8 Å². The van der Waals surface area contributed by atoms with Gasteiger partial charge in [-0.2, -0.15) is 0 Å². The first-order chi connectivity index (χ1) is 20.4. The van der Waals surface area contributed by atoms with E-state index in [2.05, 4.69) is 29.5 Å². The van der Waals surface area contributed by atoms with Crippen molar-refractivity contribution in [1.29, 1.82) is 0 Å². The number of carboxylic acid groups (broad SMARTS) is 2. The molecule has 3 aliphatic heterocycles. The highest BCUT2D eigenvalue weighted by atomic mass is 16.4. The fraction of sp³-hybridized carbons (Fsp3) is 0.606. The number of allylic oxidation sites excluding steroid dienone is 2. The van der Waals surface area contributed by atoms with Gasteiger partial charge in [-0.15, -0.1) is 0 Å². The molecule has 0 radical (unpaired) electrons. The Bertz CT molecular complexity index is 1390. The number of aromatic nitrogens is 1. The number of hydrogen-bond acceptors (Lipinski definition) is 5.